The van der Waals surface area contributed by atoms with Crippen molar-refractivity contribution < 1.29 is 9.90 Å². The summed E-state index contributed by atoms with van der Waals surface area (Å²) < 4.78 is 1.72. The van der Waals surface area contributed by atoms with Gasteiger partial charge in [0, 0.05) is 12.4 Å². The van der Waals surface area contributed by atoms with E-state index in [0.717, 1.165) is 23.0 Å². The van der Waals surface area contributed by atoms with Gasteiger partial charge in [-0.25, -0.2) is 4.79 Å². The summed E-state index contributed by atoms with van der Waals surface area (Å²) in [4.78, 5) is 11.1. The van der Waals surface area contributed by atoms with Crippen molar-refractivity contribution in [3.8, 4) is 0 Å². The van der Waals surface area contributed by atoms with Crippen molar-refractivity contribution in [3.63, 3.8) is 0 Å². The number of fused-ring (bicyclic) bond motifs is 1. The highest BCUT2D eigenvalue weighted by atomic mass is 16.4. The summed E-state index contributed by atoms with van der Waals surface area (Å²) in [5.41, 5.74) is 2.04. The number of benzene rings is 1. The van der Waals surface area contributed by atoms with E-state index in [4.69, 9.17) is 5.11 Å². The van der Waals surface area contributed by atoms with Crippen molar-refractivity contribution in [1.29, 1.82) is 0 Å². The van der Waals surface area contributed by atoms with Gasteiger partial charge in [-0.3, -0.25) is 4.68 Å². The van der Waals surface area contributed by atoms with E-state index in [-0.39, 0.29) is 0 Å². The predicted octanol–water partition coefficient (Wildman–Crippen LogP) is 1.83. The Morgan fingerprint density at radius 2 is 2.27 bits per heavy atom. The quantitative estimate of drug-likeness (QED) is 0.812. The number of hydrogen-bond donors (Lipinski definition) is 1. The fourth-order valence-corrected chi connectivity index (χ4v) is 1.82. The SMILES string of the molecule is CCc1nn(C)c2cccc(C(=O)O)c12. The zero-order valence-corrected chi connectivity index (χ0v) is 8.69. The molecule has 1 aromatic carbocycles. The molecule has 4 nitrogen and oxygen atoms in total. The molecule has 0 aliphatic carbocycles. The molecule has 0 aliphatic rings. The lowest BCUT2D eigenvalue weighted by atomic mass is 10.1. The van der Waals surface area contributed by atoms with Gasteiger partial charge in [-0.1, -0.05) is 13.0 Å². The van der Waals surface area contributed by atoms with Crippen LogP contribution < -0.4 is 0 Å². The van der Waals surface area contributed by atoms with Gasteiger partial charge < -0.3 is 5.11 Å². The lowest BCUT2D eigenvalue weighted by Crippen LogP contribution is -1.97. The van der Waals surface area contributed by atoms with Crippen LogP contribution in [0.3, 0.4) is 0 Å². The number of hydrogen-bond acceptors (Lipinski definition) is 2. The highest BCUT2D eigenvalue weighted by molar-refractivity contribution is 6.03. The first-order valence-corrected chi connectivity index (χ1v) is 4.83. The minimum Gasteiger partial charge on any atom is -0.478 e. The number of carboxylic acids is 1. The maximum atomic E-state index is 11.1. The molecule has 1 heterocycles. The molecule has 0 aliphatic heterocycles. The van der Waals surface area contributed by atoms with Crippen LogP contribution in [0.25, 0.3) is 10.9 Å². The van der Waals surface area contributed by atoms with Crippen molar-refractivity contribution in [2.24, 2.45) is 7.05 Å². The van der Waals surface area contributed by atoms with Crippen LogP contribution in [0.5, 0.6) is 0 Å². The summed E-state index contributed by atoms with van der Waals surface area (Å²) in [6.45, 7) is 1.97. The van der Waals surface area contributed by atoms with Crippen LogP contribution in [0.1, 0.15) is 23.0 Å². The van der Waals surface area contributed by atoms with Gasteiger partial charge in [-0.05, 0) is 18.6 Å². The first-order chi connectivity index (χ1) is 7.15. The summed E-state index contributed by atoms with van der Waals surface area (Å²) in [5, 5.41) is 14.1. The molecule has 2 aromatic rings. The highest BCUT2D eigenvalue weighted by Gasteiger charge is 2.14. The third-order valence-electron chi connectivity index (χ3n) is 2.52. The van der Waals surface area contributed by atoms with Gasteiger partial charge in [-0.15, -0.1) is 0 Å². The molecule has 0 bridgehead atoms. The van der Waals surface area contributed by atoms with Crippen LogP contribution in [-0.2, 0) is 13.5 Å². The summed E-state index contributed by atoms with van der Waals surface area (Å²) >= 11 is 0. The molecule has 15 heavy (non-hydrogen) atoms. The normalized spacial score (nSPS) is 10.8. The third-order valence-corrected chi connectivity index (χ3v) is 2.52. The van der Waals surface area contributed by atoms with Gasteiger partial charge in [0.15, 0.2) is 0 Å². The topological polar surface area (TPSA) is 55.1 Å². The second-order valence-corrected chi connectivity index (χ2v) is 3.43. The van der Waals surface area contributed by atoms with Crippen molar-refractivity contribution >= 4 is 16.9 Å². The molecule has 0 spiro atoms. The van der Waals surface area contributed by atoms with Gasteiger partial charge >= 0.3 is 5.97 Å². The van der Waals surface area contributed by atoms with Crippen LogP contribution >= 0.6 is 0 Å². The van der Waals surface area contributed by atoms with Crippen molar-refractivity contribution in [2.45, 2.75) is 13.3 Å². The lowest BCUT2D eigenvalue weighted by Gasteiger charge is -1.98. The van der Waals surface area contributed by atoms with E-state index in [9.17, 15) is 4.79 Å². The Morgan fingerprint density at radius 1 is 1.53 bits per heavy atom. The molecular formula is C11H12N2O2. The maximum absolute atomic E-state index is 11.1. The van der Waals surface area contributed by atoms with Crippen molar-refractivity contribution in [3.05, 3.63) is 29.5 Å². The fourth-order valence-electron chi connectivity index (χ4n) is 1.82. The Hall–Kier alpha value is -1.84. The molecule has 0 fully saturated rings. The number of carboxylic acid groups (broad SMARTS) is 1. The average molecular weight is 204 g/mol. The molecule has 78 valence electrons. The fraction of sp³-hybridized carbons (Fsp3) is 0.273. The Kier molecular flexibility index (Phi) is 2.19. The first-order valence-electron chi connectivity index (χ1n) is 4.83. The van der Waals surface area contributed by atoms with Crippen LogP contribution in [0.15, 0.2) is 18.2 Å². The standard InChI is InChI=1S/C11H12N2O2/c1-3-8-10-7(11(14)15)5-4-6-9(10)13(2)12-8/h4-6H,3H2,1-2H3,(H,14,15). The average Bonchev–Trinajstić information content (AvgIpc) is 2.55. The minimum atomic E-state index is -0.900. The molecule has 1 aromatic heterocycles. The smallest absolute Gasteiger partial charge is 0.336 e. The molecule has 0 radical (unpaired) electrons. The third kappa shape index (κ3) is 1.38. The number of rotatable bonds is 2. The van der Waals surface area contributed by atoms with Gasteiger partial charge in [0.25, 0.3) is 0 Å². The maximum Gasteiger partial charge on any atom is 0.336 e. The molecule has 0 amide bonds. The summed E-state index contributed by atoms with van der Waals surface area (Å²) in [5.74, 6) is -0.900. The number of aromatic carboxylic acids is 1. The summed E-state index contributed by atoms with van der Waals surface area (Å²) in [7, 11) is 1.83. The van der Waals surface area contributed by atoms with E-state index in [1.54, 1.807) is 16.8 Å². The van der Waals surface area contributed by atoms with Crippen LogP contribution in [0, 0.1) is 0 Å². The number of nitrogens with zero attached hydrogens (tertiary/aromatic N) is 2. The Morgan fingerprint density at radius 3 is 2.87 bits per heavy atom. The van der Waals surface area contributed by atoms with Crippen molar-refractivity contribution in [2.75, 3.05) is 0 Å². The van der Waals surface area contributed by atoms with E-state index in [1.165, 1.54) is 0 Å². The first kappa shape index (κ1) is 9.71. The molecule has 0 atom stereocenters. The van der Waals surface area contributed by atoms with E-state index >= 15 is 0 Å². The molecule has 0 unspecified atom stereocenters. The molecule has 4 heteroatoms. The lowest BCUT2D eigenvalue weighted by molar-refractivity contribution is 0.0699. The summed E-state index contributed by atoms with van der Waals surface area (Å²) in [6, 6.07) is 5.24. The molecule has 0 saturated carbocycles. The van der Waals surface area contributed by atoms with E-state index in [1.807, 2.05) is 20.0 Å². The second-order valence-electron chi connectivity index (χ2n) is 3.43. The number of aryl methyl sites for hydroxylation is 2. The Labute approximate surface area is 87.1 Å². The monoisotopic (exact) mass is 204 g/mol. The van der Waals surface area contributed by atoms with Crippen LogP contribution in [0.4, 0.5) is 0 Å². The van der Waals surface area contributed by atoms with E-state index in [0.29, 0.717) is 5.56 Å². The molecule has 0 saturated heterocycles. The zero-order chi connectivity index (χ0) is 11.0. The van der Waals surface area contributed by atoms with Crippen molar-refractivity contribution in [1.82, 2.24) is 9.78 Å². The van der Waals surface area contributed by atoms with Crippen LogP contribution in [0.2, 0.25) is 0 Å². The van der Waals surface area contributed by atoms with Gasteiger partial charge in [-0.2, -0.15) is 5.10 Å². The number of aromatic nitrogens is 2. The second kappa shape index (κ2) is 3.38. The summed E-state index contributed by atoms with van der Waals surface area (Å²) in [6.07, 6.45) is 0.738. The number of carbonyl (C=O) groups is 1. The Bertz CT molecular complexity index is 529. The Balaban J connectivity index is 2.88. The largest absolute Gasteiger partial charge is 0.478 e. The zero-order valence-electron chi connectivity index (χ0n) is 8.69. The molecular weight excluding hydrogens is 192 g/mol. The predicted molar refractivity (Wildman–Crippen MR) is 57.1 cm³/mol. The van der Waals surface area contributed by atoms with Gasteiger partial charge in [0.2, 0.25) is 0 Å². The van der Waals surface area contributed by atoms with E-state index < -0.39 is 5.97 Å². The van der Waals surface area contributed by atoms with Crippen LogP contribution in [-0.4, -0.2) is 20.9 Å². The van der Waals surface area contributed by atoms with E-state index in [2.05, 4.69) is 5.10 Å². The van der Waals surface area contributed by atoms with Gasteiger partial charge in [0.1, 0.15) is 0 Å². The molecule has 2 rings (SSSR count). The minimum absolute atomic E-state index is 0.331. The van der Waals surface area contributed by atoms with Gasteiger partial charge in [0.05, 0.1) is 16.8 Å². The molecule has 1 N–H and O–H groups in total. The highest BCUT2D eigenvalue weighted by Crippen LogP contribution is 2.22.